The normalized spacial score (nSPS) is 17.7. The molecule has 2 aromatic heterocycles. The van der Waals surface area contributed by atoms with Crippen LogP contribution in [0.2, 0.25) is 5.15 Å². The maximum Gasteiger partial charge on any atom is 0.148 e. The Kier molecular flexibility index (Phi) is 5.87. The van der Waals surface area contributed by atoms with Crippen LogP contribution in [0.4, 0.5) is 0 Å². The lowest BCUT2D eigenvalue weighted by Gasteiger charge is -2.23. The second kappa shape index (κ2) is 9.15. The fourth-order valence-corrected chi connectivity index (χ4v) is 5.11. The molecular formula is C26H27ClN6O. The van der Waals surface area contributed by atoms with Gasteiger partial charge in [0.05, 0.1) is 40.2 Å². The summed E-state index contributed by atoms with van der Waals surface area (Å²) >= 11 is 6.04. The lowest BCUT2D eigenvalue weighted by Crippen LogP contribution is -2.28. The van der Waals surface area contributed by atoms with Gasteiger partial charge in [-0.05, 0) is 92.2 Å². The molecule has 7 nitrogen and oxygen atoms in total. The number of halogens is 1. The topological polar surface area (TPSA) is 76.1 Å². The van der Waals surface area contributed by atoms with Crippen molar-refractivity contribution in [3.05, 3.63) is 69.8 Å². The van der Waals surface area contributed by atoms with Gasteiger partial charge in [-0.1, -0.05) is 11.6 Å². The zero-order chi connectivity index (χ0) is 23.1. The van der Waals surface area contributed by atoms with Gasteiger partial charge in [0.25, 0.3) is 0 Å². The first kappa shape index (κ1) is 21.8. The average molecular weight is 475 g/mol. The zero-order valence-electron chi connectivity index (χ0n) is 19.2. The molecule has 8 heteroatoms. The molecule has 4 aromatic rings. The summed E-state index contributed by atoms with van der Waals surface area (Å²) in [5, 5.41) is 5.94. The van der Waals surface area contributed by atoms with Gasteiger partial charge in [-0.3, -0.25) is 14.8 Å². The number of hydrogen-bond donors (Lipinski definition) is 1. The summed E-state index contributed by atoms with van der Waals surface area (Å²) in [6.45, 7) is 5.69. The van der Waals surface area contributed by atoms with Crippen molar-refractivity contribution in [2.75, 3.05) is 26.2 Å². The number of aromatic nitrogens is 4. The molecule has 2 aliphatic rings. The SMILES string of the molecule is CC(ON1CCc2cc3ncc(Cl)nc3cc2CC1)c1cnc2cc3c(cc2n1)CCNCC3. The number of nitrogens with zero attached hydrogens (tertiary/aromatic N) is 5. The first-order valence-corrected chi connectivity index (χ1v) is 12.3. The van der Waals surface area contributed by atoms with Gasteiger partial charge in [-0.2, -0.15) is 5.06 Å². The summed E-state index contributed by atoms with van der Waals surface area (Å²) in [5.74, 6) is 0. The number of benzene rings is 2. The molecule has 0 spiro atoms. The van der Waals surface area contributed by atoms with Crippen molar-refractivity contribution in [2.24, 2.45) is 0 Å². The van der Waals surface area contributed by atoms with Crippen molar-refractivity contribution in [2.45, 2.75) is 38.7 Å². The Labute approximate surface area is 203 Å². The van der Waals surface area contributed by atoms with E-state index in [1.807, 2.05) is 13.1 Å². The molecule has 0 aliphatic carbocycles. The molecule has 34 heavy (non-hydrogen) atoms. The molecule has 0 radical (unpaired) electrons. The van der Waals surface area contributed by atoms with E-state index in [-0.39, 0.29) is 6.10 Å². The smallest absolute Gasteiger partial charge is 0.148 e. The van der Waals surface area contributed by atoms with Crippen LogP contribution in [0.3, 0.4) is 0 Å². The molecule has 0 saturated heterocycles. The fraction of sp³-hybridized carbons (Fsp3) is 0.385. The van der Waals surface area contributed by atoms with Gasteiger partial charge in [0.1, 0.15) is 11.3 Å². The van der Waals surface area contributed by atoms with Crippen LogP contribution in [-0.2, 0) is 30.5 Å². The largest absolute Gasteiger partial charge is 0.316 e. The Hall–Kier alpha value is -2.71. The molecule has 0 amide bonds. The quantitative estimate of drug-likeness (QED) is 0.480. The van der Waals surface area contributed by atoms with E-state index in [1.54, 1.807) is 6.20 Å². The summed E-state index contributed by atoms with van der Waals surface area (Å²) < 4.78 is 0. The summed E-state index contributed by atoms with van der Waals surface area (Å²) in [5.41, 5.74) is 9.81. The maximum atomic E-state index is 6.36. The minimum Gasteiger partial charge on any atom is -0.316 e. The van der Waals surface area contributed by atoms with E-state index in [4.69, 9.17) is 26.4 Å². The van der Waals surface area contributed by atoms with Gasteiger partial charge in [0.15, 0.2) is 0 Å². The van der Waals surface area contributed by atoms with Crippen LogP contribution >= 0.6 is 11.6 Å². The number of nitrogens with one attached hydrogen (secondary N) is 1. The molecule has 2 aromatic carbocycles. The monoisotopic (exact) mass is 474 g/mol. The van der Waals surface area contributed by atoms with Gasteiger partial charge < -0.3 is 5.32 Å². The molecule has 1 N–H and O–H groups in total. The van der Waals surface area contributed by atoms with E-state index >= 15 is 0 Å². The summed E-state index contributed by atoms with van der Waals surface area (Å²) in [7, 11) is 0. The van der Waals surface area contributed by atoms with E-state index in [0.717, 1.165) is 79.6 Å². The van der Waals surface area contributed by atoms with Crippen molar-refractivity contribution in [3.63, 3.8) is 0 Å². The molecule has 6 rings (SSSR count). The maximum absolute atomic E-state index is 6.36. The van der Waals surface area contributed by atoms with Crippen LogP contribution in [-0.4, -0.2) is 51.2 Å². The Morgan fingerprint density at radius 1 is 0.794 bits per heavy atom. The third-order valence-electron chi connectivity index (χ3n) is 6.84. The van der Waals surface area contributed by atoms with Crippen molar-refractivity contribution in [1.29, 1.82) is 0 Å². The van der Waals surface area contributed by atoms with Crippen LogP contribution in [0.1, 0.15) is 41.0 Å². The van der Waals surface area contributed by atoms with Gasteiger partial charge >= 0.3 is 0 Å². The lowest BCUT2D eigenvalue weighted by molar-refractivity contribution is -0.194. The molecular weight excluding hydrogens is 448 g/mol. The van der Waals surface area contributed by atoms with Crippen molar-refractivity contribution >= 4 is 33.7 Å². The Bertz CT molecular complexity index is 1380. The van der Waals surface area contributed by atoms with Gasteiger partial charge in [0.2, 0.25) is 0 Å². The van der Waals surface area contributed by atoms with Crippen LogP contribution in [0.25, 0.3) is 22.1 Å². The molecule has 174 valence electrons. The molecule has 4 heterocycles. The van der Waals surface area contributed by atoms with Crippen LogP contribution in [0.15, 0.2) is 36.7 Å². The van der Waals surface area contributed by atoms with Crippen LogP contribution in [0, 0.1) is 0 Å². The Morgan fingerprint density at radius 2 is 1.35 bits per heavy atom. The highest BCUT2D eigenvalue weighted by Gasteiger charge is 2.20. The third-order valence-corrected chi connectivity index (χ3v) is 7.03. The fourth-order valence-electron chi connectivity index (χ4n) is 4.97. The van der Waals surface area contributed by atoms with Gasteiger partial charge in [-0.15, -0.1) is 0 Å². The molecule has 0 saturated carbocycles. The molecule has 0 fully saturated rings. The van der Waals surface area contributed by atoms with Gasteiger partial charge in [0, 0.05) is 13.1 Å². The standard InChI is InChI=1S/C26H27ClN6O/c1-16(25-14-29-21-10-17-2-6-28-7-3-18(17)12-23(21)31-25)34-33-8-4-19-11-22-24(13-20(19)5-9-33)32-26(27)15-30-22/h10-16,28H,2-9H2,1H3. The van der Waals surface area contributed by atoms with Crippen LogP contribution in [0.5, 0.6) is 0 Å². The Balaban J connectivity index is 1.19. The number of fused-ring (bicyclic) bond motifs is 4. The summed E-state index contributed by atoms with van der Waals surface area (Å²) in [4.78, 5) is 24.8. The second-order valence-corrected chi connectivity index (χ2v) is 9.52. The highest BCUT2D eigenvalue weighted by atomic mass is 35.5. The Morgan fingerprint density at radius 3 is 2.03 bits per heavy atom. The predicted octanol–water partition coefficient (Wildman–Crippen LogP) is 4.01. The second-order valence-electron chi connectivity index (χ2n) is 9.13. The molecule has 0 bridgehead atoms. The van der Waals surface area contributed by atoms with E-state index in [1.165, 1.54) is 22.3 Å². The summed E-state index contributed by atoms with van der Waals surface area (Å²) in [6, 6.07) is 8.66. The highest BCUT2D eigenvalue weighted by molar-refractivity contribution is 6.29. The number of rotatable bonds is 3. The predicted molar refractivity (Wildman–Crippen MR) is 133 cm³/mol. The first-order chi connectivity index (χ1) is 16.6. The van der Waals surface area contributed by atoms with Crippen LogP contribution < -0.4 is 5.32 Å². The van der Waals surface area contributed by atoms with E-state index in [0.29, 0.717) is 5.15 Å². The lowest BCUT2D eigenvalue weighted by atomic mass is 10.0. The molecule has 1 atom stereocenters. The third kappa shape index (κ3) is 4.36. The van der Waals surface area contributed by atoms with E-state index < -0.39 is 0 Å². The van der Waals surface area contributed by atoms with Crippen molar-refractivity contribution in [3.8, 4) is 0 Å². The van der Waals surface area contributed by atoms with Gasteiger partial charge in [-0.25, -0.2) is 9.97 Å². The first-order valence-electron chi connectivity index (χ1n) is 12.0. The van der Waals surface area contributed by atoms with E-state index in [2.05, 4.69) is 44.6 Å². The minimum absolute atomic E-state index is 0.181. The number of hydroxylamine groups is 2. The number of hydrogen-bond acceptors (Lipinski definition) is 7. The zero-order valence-corrected chi connectivity index (χ0v) is 20.0. The molecule has 1 unspecified atom stereocenters. The minimum atomic E-state index is -0.181. The summed E-state index contributed by atoms with van der Waals surface area (Å²) in [6.07, 6.45) is 7.13. The molecule has 2 aliphatic heterocycles. The van der Waals surface area contributed by atoms with Crippen molar-refractivity contribution < 1.29 is 4.84 Å². The highest BCUT2D eigenvalue weighted by Crippen LogP contribution is 2.26. The van der Waals surface area contributed by atoms with Crippen molar-refractivity contribution in [1.82, 2.24) is 30.3 Å². The average Bonchev–Trinajstić information content (AvgIpc) is 3.19. The van der Waals surface area contributed by atoms with E-state index in [9.17, 15) is 0 Å².